The first-order valence-electron chi connectivity index (χ1n) is 2.81. The number of alkyl halides is 1. The van der Waals surface area contributed by atoms with E-state index in [2.05, 4.69) is 45.7 Å². The van der Waals surface area contributed by atoms with Crippen LogP contribution in [0.5, 0.6) is 0 Å². The fourth-order valence-electron chi connectivity index (χ4n) is 0.452. The number of rotatable bonds is 3. The van der Waals surface area contributed by atoms with Gasteiger partial charge in [-0.15, -0.1) is 0 Å². The molecule has 0 fully saturated rings. The molecule has 0 amide bonds. The van der Waals surface area contributed by atoms with Crippen LogP contribution in [-0.2, 0) is 0 Å². The summed E-state index contributed by atoms with van der Waals surface area (Å²) in [6.45, 7) is 4.26. The highest BCUT2D eigenvalue weighted by Gasteiger charge is 2.08. The van der Waals surface area contributed by atoms with Crippen LogP contribution in [0.2, 0.25) is 0 Å². The van der Waals surface area contributed by atoms with Gasteiger partial charge in [-0.25, -0.2) is 0 Å². The Kier molecular flexibility index (Phi) is 5.38. The van der Waals surface area contributed by atoms with E-state index in [4.69, 9.17) is 0 Å². The Labute approximate surface area is 68.3 Å². The first-order chi connectivity index (χ1) is 3.68. The molecule has 1 radical (unpaired) electrons. The molecule has 8 heavy (non-hydrogen) atoms. The minimum Gasteiger partial charge on any atom is -0.0875 e. The molecule has 0 aliphatic heterocycles. The highest BCUT2D eigenvalue weighted by molar-refractivity contribution is 9.13. The van der Waals surface area contributed by atoms with Crippen molar-refractivity contribution in [3.63, 3.8) is 0 Å². The van der Waals surface area contributed by atoms with Crippen LogP contribution < -0.4 is 0 Å². The third-order valence-electron chi connectivity index (χ3n) is 0.974. The van der Waals surface area contributed by atoms with Gasteiger partial charge in [-0.2, -0.15) is 0 Å². The van der Waals surface area contributed by atoms with Crippen LogP contribution in [-0.4, -0.2) is 4.83 Å². The lowest BCUT2D eigenvalue weighted by atomic mass is 10.2. The van der Waals surface area contributed by atoms with Gasteiger partial charge in [0, 0.05) is 4.83 Å². The van der Waals surface area contributed by atoms with Crippen LogP contribution in [0.15, 0.2) is 0 Å². The van der Waals surface area contributed by atoms with E-state index in [1.807, 2.05) is 0 Å². The number of halogens is 2. The van der Waals surface area contributed by atoms with Gasteiger partial charge in [0.1, 0.15) is 0 Å². The first kappa shape index (κ1) is 8.96. The van der Waals surface area contributed by atoms with E-state index in [1.54, 1.807) is 0 Å². The zero-order chi connectivity index (χ0) is 6.57. The summed E-state index contributed by atoms with van der Waals surface area (Å²) in [5.41, 5.74) is 0. The Balaban J connectivity index is 3.17. The van der Waals surface area contributed by atoms with Crippen molar-refractivity contribution in [1.82, 2.24) is 0 Å². The molecule has 0 rings (SSSR count). The van der Waals surface area contributed by atoms with Crippen molar-refractivity contribution in [2.45, 2.75) is 31.5 Å². The maximum atomic E-state index is 3.52. The lowest BCUT2D eigenvalue weighted by Crippen LogP contribution is -2.00. The highest BCUT2D eigenvalue weighted by atomic mass is 79.9. The molecule has 0 aromatic carbocycles. The summed E-state index contributed by atoms with van der Waals surface area (Å²) in [5, 5.41) is 0. The molecule has 2 heteroatoms. The second kappa shape index (κ2) is 4.80. The largest absolute Gasteiger partial charge is 0.0875 e. The molecular weight excluding hydrogens is 232 g/mol. The van der Waals surface area contributed by atoms with Gasteiger partial charge in [-0.1, -0.05) is 45.2 Å². The van der Waals surface area contributed by atoms with Crippen molar-refractivity contribution in [2.75, 3.05) is 0 Å². The molecule has 49 valence electrons. The lowest BCUT2D eigenvalue weighted by Gasteiger charge is -2.08. The third kappa shape index (κ3) is 3.90. The summed E-state index contributed by atoms with van der Waals surface area (Å²) in [5.74, 6) is 0. The molecule has 0 saturated carbocycles. The van der Waals surface area contributed by atoms with Gasteiger partial charge in [-0.05, 0) is 13.3 Å². The Hall–Kier alpha value is 0.960. The van der Waals surface area contributed by atoms with Crippen molar-refractivity contribution < 1.29 is 0 Å². The fourth-order valence-corrected chi connectivity index (χ4v) is 1.14. The Morgan fingerprint density at radius 3 is 2.25 bits per heavy atom. The Morgan fingerprint density at radius 1 is 1.62 bits per heavy atom. The zero-order valence-electron chi connectivity index (χ0n) is 5.25. The van der Waals surface area contributed by atoms with Gasteiger partial charge in [0.2, 0.25) is 0 Å². The molecule has 0 aromatic rings. The molecule has 0 aliphatic carbocycles. The second-order valence-corrected chi connectivity index (χ2v) is 4.20. The van der Waals surface area contributed by atoms with Crippen molar-refractivity contribution in [1.29, 1.82) is 0 Å². The van der Waals surface area contributed by atoms with E-state index in [9.17, 15) is 0 Å². The monoisotopic (exact) mass is 241 g/mol. The van der Waals surface area contributed by atoms with E-state index >= 15 is 0 Å². The zero-order valence-corrected chi connectivity index (χ0v) is 8.42. The molecule has 0 N–H and O–H groups in total. The predicted octanol–water partition coefficient (Wildman–Crippen LogP) is 3.50. The molecule has 1 unspecified atom stereocenters. The molecular formula is C6H11Br2. The van der Waals surface area contributed by atoms with Crippen LogP contribution in [0.4, 0.5) is 0 Å². The number of hydrogen-bond donors (Lipinski definition) is 0. The van der Waals surface area contributed by atoms with Gasteiger partial charge in [0.05, 0.1) is 4.83 Å². The minimum atomic E-state index is 0.562. The molecule has 0 nitrogen and oxygen atoms in total. The molecule has 0 spiro atoms. The Morgan fingerprint density at radius 2 is 2.12 bits per heavy atom. The summed E-state index contributed by atoms with van der Waals surface area (Å²) < 4.78 is 0. The highest BCUT2D eigenvalue weighted by Crippen LogP contribution is 2.24. The van der Waals surface area contributed by atoms with Crippen molar-refractivity contribution in [3.8, 4) is 0 Å². The van der Waals surface area contributed by atoms with Crippen LogP contribution in [0.1, 0.15) is 26.7 Å². The SMILES string of the molecule is CCCC(Br)[C](C)Br. The average molecular weight is 243 g/mol. The summed E-state index contributed by atoms with van der Waals surface area (Å²) in [6, 6.07) is 0. The third-order valence-corrected chi connectivity index (χ3v) is 3.29. The van der Waals surface area contributed by atoms with Gasteiger partial charge < -0.3 is 0 Å². The summed E-state index contributed by atoms with van der Waals surface area (Å²) in [7, 11) is 0. The second-order valence-electron chi connectivity index (χ2n) is 1.84. The van der Waals surface area contributed by atoms with E-state index < -0.39 is 0 Å². The van der Waals surface area contributed by atoms with Gasteiger partial charge in [-0.3, -0.25) is 0 Å². The van der Waals surface area contributed by atoms with E-state index in [0.29, 0.717) is 4.83 Å². The van der Waals surface area contributed by atoms with Crippen LogP contribution >= 0.6 is 31.9 Å². The van der Waals surface area contributed by atoms with Gasteiger partial charge in [0.15, 0.2) is 0 Å². The minimum absolute atomic E-state index is 0.562. The number of hydrogen-bond acceptors (Lipinski definition) is 0. The predicted molar refractivity (Wildman–Crippen MR) is 45.5 cm³/mol. The van der Waals surface area contributed by atoms with E-state index in [-0.39, 0.29) is 0 Å². The standard InChI is InChI=1S/C6H11Br2/c1-3-4-6(8)5(2)7/h6H,3-4H2,1-2H3. The summed E-state index contributed by atoms with van der Waals surface area (Å²) >= 11 is 6.93. The molecule has 0 heterocycles. The van der Waals surface area contributed by atoms with Crippen molar-refractivity contribution in [2.24, 2.45) is 0 Å². The van der Waals surface area contributed by atoms with Crippen LogP contribution in [0, 0.1) is 4.83 Å². The van der Waals surface area contributed by atoms with Crippen molar-refractivity contribution in [3.05, 3.63) is 4.83 Å². The van der Waals surface area contributed by atoms with Crippen molar-refractivity contribution >= 4 is 31.9 Å². The maximum absolute atomic E-state index is 3.52. The molecule has 0 aromatic heterocycles. The maximum Gasteiger partial charge on any atom is 0.0515 e. The van der Waals surface area contributed by atoms with Crippen LogP contribution in [0.3, 0.4) is 0 Å². The molecule has 0 bridgehead atoms. The quantitative estimate of drug-likeness (QED) is 0.665. The summed E-state index contributed by atoms with van der Waals surface area (Å²) in [6.07, 6.45) is 2.45. The van der Waals surface area contributed by atoms with E-state index in [0.717, 1.165) is 0 Å². The summed E-state index contributed by atoms with van der Waals surface area (Å²) in [4.78, 5) is 1.85. The normalized spacial score (nSPS) is 14.6. The van der Waals surface area contributed by atoms with Gasteiger partial charge in [0.25, 0.3) is 0 Å². The molecule has 1 atom stereocenters. The van der Waals surface area contributed by atoms with Gasteiger partial charge >= 0.3 is 0 Å². The van der Waals surface area contributed by atoms with Crippen LogP contribution in [0.25, 0.3) is 0 Å². The van der Waals surface area contributed by atoms with E-state index in [1.165, 1.54) is 17.7 Å². The Bertz CT molecular complexity index is 52.5. The fraction of sp³-hybridized carbons (Fsp3) is 0.833. The average Bonchev–Trinajstić information content (AvgIpc) is 1.67. The smallest absolute Gasteiger partial charge is 0.0515 e. The lowest BCUT2D eigenvalue weighted by molar-refractivity contribution is 0.799. The molecule has 0 aliphatic rings. The first-order valence-corrected chi connectivity index (χ1v) is 4.52. The topological polar surface area (TPSA) is 0 Å². The molecule has 0 saturated heterocycles.